The van der Waals surface area contributed by atoms with Gasteiger partial charge in [0, 0.05) is 11.6 Å². The Balaban J connectivity index is 1.70. The van der Waals surface area contributed by atoms with Gasteiger partial charge in [0.2, 0.25) is 0 Å². The predicted octanol–water partition coefficient (Wildman–Crippen LogP) is 3.93. The molecule has 1 amide bonds. The third-order valence-corrected chi connectivity index (χ3v) is 5.29. The molecule has 1 aromatic rings. The van der Waals surface area contributed by atoms with Gasteiger partial charge in [-0.3, -0.25) is 4.79 Å². The van der Waals surface area contributed by atoms with Crippen LogP contribution in [0.25, 0.3) is 0 Å². The Morgan fingerprint density at radius 2 is 2.09 bits per heavy atom. The summed E-state index contributed by atoms with van der Waals surface area (Å²) in [7, 11) is 0. The van der Waals surface area contributed by atoms with Crippen LogP contribution in [0.1, 0.15) is 44.6 Å². The molecule has 0 N–H and O–H groups in total. The monoisotopic (exact) mass is 337 g/mol. The molecule has 1 aliphatic heterocycles. The van der Waals surface area contributed by atoms with Crippen molar-refractivity contribution in [1.29, 1.82) is 0 Å². The van der Waals surface area contributed by atoms with E-state index in [0.29, 0.717) is 23.9 Å². The number of rotatable bonds is 3. The first-order valence-corrected chi connectivity index (χ1v) is 8.78. The van der Waals surface area contributed by atoms with E-state index in [4.69, 9.17) is 21.1 Å². The van der Waals surface area contributed by atoms with Gasteiger partial charge in [-0.25, -0.2) is 0 Å². The largest absolute Gasteiger partial charge is 0.481 e. The van der Waals surface area contributed by atoms with Gasteiger partial charge in [0.05, 0.1) is 6.61 Å². The van der Waals surface area contributed by atoms with E-state index < -0.39 is 6.10 Å². The molecule has 1 heterocycles. The molecule has 0 bridgehead atoms. The molecule has 1 aliphatic carbocycles. The summed E-state index contributed by atoms with van der Waals surface area (Å²) in [5, 5.41) is 0.699. The molecule has 1 saturated carbocycles. The van der Waals surface area contributed by atoms with Gasteiger partial charge >= 0.3 is 0 Å². The minimum atomic E-state index is -0.531. The van der Waals surface area contributed by atoms with E-state index in [1.165, 1.54) is 6.42 Å². The van der Waals surface area contributed by atoms with Crippen LogP contribution in [0, 0.1) is 6.92 Å². The van der Waals surface area contributed by atoms with Crippen LogP contribution in [0.5, 0.6) is 5.75 Å². The van der Waals surface area contributed by atoms with Gasteiger partial charge in [-0.15, -0.1) is 0 Å². The zero-order valence-corrected chi connectivity index (χ0v) is 14.6. The maximum absolute atomic E-state index is 12.9. The van der Waals surface area contributed by atoms with Crippen molar-refractivity contribution in [3.05, 3.63) is 28.8 Å². The van der Waals surface area contributed by atoms with Gasteiger partial charge in [0.25, 0.3) is 5.91 Å². The van der Waals surface area contributed by atoms with Gasteiger partial charge < -0.3 is 14.4 Å². The number of hydrogen-bond donors (Lipinski definition) is 0. The summed E-state index contributed by atoms with van der Waals surface area (Å²) >= 11 is 6.03. The molecule has 126 valence electrons. The van der Waals surface area contributed by atoms with Crippen molar-refractivity contribution < 1.29 is 14.3 Å². The lowest BCUT2D eigenvalue weighted by Gasteiger charge is -2.40. The number of ether oxygens (including phenoxy) is 2. The number of aryl methyl sites for hydroxylation is 1. The number of amides is 1. The summed E-state index contributed by atoms with van der Waals surface area (Å²) in [6.07, 6.45) is 4.81. The highest BCUT2D eigenvalue weighted by Gasteiger charge is 2.46. The molecule has 23 heavy (non-hydrogen) atoms. The van der Waals surface area contributed by atoms with Crippen LogP contribution in [0.3, 0.4) is 0 Å². The highest BCUT2D eigenvalue weighted by molar-refractivity contribution is 6.31. The van der Waals surface area contributed by atoms with Crippen molar-refractivity contribution >= 4 is 17.5 Å². The Bertz CT molecular complexity index is 584. The number of nitrogens with zero attached hydrogens (tertiary/aromatic N) is 1. The molecule has 0 radical (unpaired) electrons. The summed E-state index contributed by atoms with van der Waals surface area (Å²) in [5.74, 6) is 0.683. The quantitative estimate of drug-likeness (QED) is 0.838. The molecule has 4 nitrogen and oxygen atoms in total. The fourth-order valence-electron chi connectivity index (χ4n) is 3.60. The average Bonchev–Trinajstić information content (AvgIpc) is 2.93. The predicted molar refractivity (Wildman–Crippen MR) is 89.8 cm³/mol. The lowest BCUT2D eigenvalue weighted by Crippen LogP contribution is -2.53. The minimum absolute atomic E-state index is 0.0111. The Labute approximate surface area is 142 Å². The molecule has 2 fully saturated rings. The number of hydrogen-bond acceptors (Lipinski definition) is 3. The second-order valence-electron chi connectivity index (χ2n) is 6.52. The topological polar surface area (TPSA) is 38.8 Å². The molecule has 3 rings (SSSR count). The van der Waals surface area contributed by atoms with Gasteiger partial charge in [-0.05, 0) is 63.3 Å². The van der Waals surface area contributed by atoms with Gasteiger partial charge in [0.1, 0.15) is 11.5 Å². The maximum atomic E-state index is 12.9. The van der Waals surface area contributed by atoms with Crippen LogP contribution in [0.4, 0.5) is 0 Å². The van der Waals surface area contributed by atoms with E-state index in [0.717, 1.165) is 31.2 Å². The molecule has 1 aromatic carbocycles. The molecule has 1 saturated heterocycles. The van der Waals surface area contributed by atoms with Gasteiger partial charge in [-0.2, -0.15) is 0 Å². The zero-order chi connectivity index (χ0) is 16.4. The number of carbonyl (C=O) groups excluding carboxylic acids is 1. The van der Waals surface area contributed by atoms with Crippen molar-refractivity contribution in [1.82, 2.24) is 4.90 Å². The lowest BCUT2D eigenvalue weighted by molar-refractivity contribution is -0.161. The van der Waals surface area contributed by atoms with Crippen molar-refractivity contribution in [2.45, 2.75) is 57.8 Å². The Morgan fingerprint density at radius 1 is 1.35 bits per heavy atom. The van der Waals surface area contributed by atoms with Crippen molar-refractivity contribution in [3.8, 4) is 5.75 Å². The summed E-state index contributed by atoms with van der Waals surface area (Å²) in [4.78, 5) is 14.8. The fourth-order valence-corrected chi connectivity index (χ4v) is 3.72. The second-order valence-corrected chi connectivity index (χ2v) is 6.92. The van der Waals surface area contributed by atoms with Crippen molar-refractivity contribution in [3.63, 3.8) is 0 Å². The smallest absolute Gasteiger partial charge is 0.265 e. The summed E-state index contributed by atoms with van der Waals surface area (Å²) in [6.45, 7) is 5.01. The normalized spacial score (nSPS) is 21.4. The second kappa shape index (κ2) is 6.70. The van der Waals surface area contributed by atoms with Crippen molar-refractivity contribution in [2.75, 3.05) is 13.2 Å². The van der Waals surface area contributed by atoms with E-state index in [-0.39, 0.29) is 11.6 Å². The average molecular weight is 338 g/mol. The first-order chi connectivity index (χ1) is 11.0. The van der Waals surface area contributed by atoms with Crippen LogP contribution in [0.2, 0.25) is 5.02 Å². The Hall–Kier alpha value is -1.26. The third kappa shape index (κ3) is 3.33. The van der Waals surface area contributed by atoms with Crippen molar-refractivity contribution in [2.24, 2.45) is 0 Å². The van der Waals surface area contributed by atoms with E-state index >= 15 is 0 Å². The summed E-state index contributed by atoms with van der Waals surface area (Å²) in [5.41, 5.74) is 0.556. The summed E-state index contributed by atoms with van der Waals surface area (Å²) < 4.78 is 11.8. The molecule has 1 unspecified atom stereocenters. The zero-order valence-electron chi connectivity index (χ0n) is 13.8. The van der Waals surface area contributed by atoms with E-state index in [9.17, 15) is 4.79 Å². The SMILES string of the molecule is Cc1cc(OC(C)C(=O)N2CCOC23CCCCC3)ccc1Cl. The molecule has 2 aliphatic rings. The summed E-state index contributed by atoms with van der Waals surface area (Å²) in [6, 6.07) is 5.46. The Morgan fingerprint density at radius 3 is 2.78 bits per heavy atom. The molecule has 1 spiro atoms. The minimum Gasteiger partial charge on any atom is -0.481 e. The molecule has 5 heteroatoms. The van der Waals surface area contributed by atoms with Crippen LogP contribution < -0.4 is 4.74 Å². The molecule has 1 atom stereocenters. The van der Waals surface area contributed by atoms with E-state index in [2.05, 4.69) is 0 Å². The molecule has 0 aromatic heterocycles. The molecular weight excluding hydrogens is 314 g/mol. The van der Waals surface area contributed by atoms with Crippen LogP contribution in [-0.4, -0.2) is 35.8 Å². The van der Waals surface area contributed by atoms with E-state index in [1.807, 2.05) is 17.9 Å². The number of halogens is 1. The van der Waals surface area contributed by atoms with E-state index in [1.54, 1.807) is 19.1 Å². The maximum Gasteiger partial charge on any atom is 0.265 e. The third-order valence-electron chi connectivity index (χ3n) is 4.87. The van der Waals surface area contributed by atoms with Gasteiger partial charge in [0.15, 0.2) is 6.10 Å². The number of carbonyl (C=O) groups is 1. The number of benzene rings is 1. The molecular formula is C18H24ClNO3. The highest BCUT2D eigenvalue weighted by Crippen LogP contribution is 2.38. The first-order valence-electron chi connectivity index (χ1n) is 8.40. The first kappa shape index (κ1) is 16.6. The lowest BCUT2D eigenvalue weighted by atomic mass is 9.90. The van der Waals surface area contributed by atoms with Crippen LogP contribution >= 0.6 is 11.6 Å². The fraction of sp³-hybridized carbons (Fsp3) is 0.611. The van der Waals surface area contributed by atoms with Crippen LogP contribution in [-0.2, 0) is 9.53 Å². The van der Waals surface area contributed by atoms with Gasteiger partial charge in [-0.1, -0.05) is 18.0 Å². The highest BCUT2D eigenvalue weighted by atomic mass is 35.5. The standard InChI is InChI=1S/C18H24ClNO3/c1-13-12-15(6-7-16(13)19)23-14(2)17(21)20-10-11-22-18(20)8-4-3-5-9-18/h6-7,12,14H,3-5,8-11H2,1-2H3. The van der Waals surface area contributed by atoms with Crippen LogP contribution in [0.15, 0.2) is 18.2 Å². The Kier molecular flexibility index (Phi) is 4.83.